The molecule has 0 saturated heterocycles. The van der Waals surface area contributed by atoms with Gasteiger partial charge >= 0.3 is 18.9 Å². The second-order valence-corrected chi connectivity index (χ2v) is 6.26. The van der Waals surface area contributed by atoms with E-state index in [1.165, 1.54) is 0 Å². The molecular formula is C19H24LiO5P. The molecule has 136 valence electrons. The molecule has 0 aromatic heterocycles. The molecule has 7 heteroatoms. The van der Waals surface area contributed by atoms with E-state index in [1.54, 1.807) is 32.4 Å². The summed E-state index contributed by atoms with van der Waals surface area (Å²) in [5.41, 5.74) is 1.59. The molecule has 0 aliphatic heterocycles. The molecule has 2 aromatic carbocycles. The van der Waals surface area contributed by atoms with Crippen molar-refractivity contribution in [3.8, 4) is 17.2 Å². The van der Waals surface area contributed by atoms with Crippen molar-refractivity contribution in [1.82, 2.24) is 0 Å². The number of rotatable bonds is 9. The molecule has 0 aliphatic rings. The molecule has 0 aliphatic carbocycles. The van der Waals surface area contributed by atoms with Crippen molar-refractivity contribution in [2.75, 3.05) is 27.4 Å². The van der Waals surface area contributed by atoms with Gasteiger partial charge in [0.25, 0.3) is 0 Å². The summed E-state index contributed by atoms with van der Waals surface area (Å²) >= 11 is 0. The van der Waals surface area contributed by atoms with Crippen LogP contribution in [0.15, 0.2) is 36.4 Å². The van der Waals surface area contributed by atoms with Crippen LogP contribution in [0.5, 0.6) is 17.2 Å². The van der Waals surface area contributed by atoms with Gasteiger partial charge in [-0.15, -0.1) is 0 Å². The SMILES string of the molecule is CCOPc1c(OC)cc(OCC(=O)c2ccccc2C)cc1OC.[LiH]. The molecule has 2 aromatic rings. The zero-order valence-electron chi connectivity index (χ0n) is 14.9. The third-order valence-electron chi connectivity index (χ3n) is 3.61. The van der Waals surface area contributed by atoms with Gasteiger partial charge in [-0.2, -0.15) is 0 Å². The summed E-state index contributed by atoms with van der Waals surface area (Å²) in [6.45, 7) is 4.39. The third-order valence-corrected chi connectivity index (χ3v) is 4.74. The summed E-state index contributed by atoms with van der Waals surface area (Å²) in [5, 5.41) is 0.837. The van der Waals surface area contributed by atoms with Crippen LogP contribution in [-0.4, -0.2) is 52.1 Å². The van der Waals surface area contributed by atoms with Crippen molar-refractivity contribution in [3.63, 3.8) is 0 Å². The monoisotopic (exact) mass is 370 g/mol. The van der Waals surface area contributed by atoms with Crippen molar-refractivity contribution in [1.29, 1.82) is 0 Å². The Bertz CT molecular complexity index is 711. The fourth-order valence-electron chi connectivity index (χ4n) is 2.33. The van der Waals surface area contributed by atoms with Crippen molar-refractivity contribution in [3.05, 3.63) is 47.5 Å². The van der Waals surface area contributed by atoms with Crippen LogP contribution in [0.1, 0.15) is 22.8 Å². The topological polar surface area (TPSA) is 54.0 Å². The third kappa shape index (κ3) is 5.76. The summed E-state index contributed by atoms with van der Waals surface area (Å²) < 4.78 is 22.0. The fraction of sp³-hybridized carbons (Fsp3) is 0.316. The molecule has 0 N–H and O–H groups in total. The van der Waals surface area contributed by atoms with Crippen LogP contribution < -0.4 is 19.5 Å². The number of carbonyl (C=O) groups is 1. The Hall–Kier alpha value is -1.50. The van der Waals surface area contributed by atoms with Gasteiger partial charge in [-0.25, -0.2) is 0 Å². The van der Waals surface area contributed by atoms with Gasteiger partial charge in [0.1, 0.15) is 17.2 Å². The number of carbonyl (C=O) groups excluding carboxylic acids is 1. The van der Waals surface area contributed by atoms with Crippen LogP contribution in [0.2, 0.25) is 0 Å². The quantitative estimate of drug-likeness (QED) is 0.386. The number of benzene rings is 2. The number of ketones is 1. The molecule has 0 spiro atoms. The first-order valence-electron chi connectivity index (χ1n) is 7.96. The van der Waals surface area contributed by atoms with Gasteiger partial charge in [0.05, 0.1) is 28.3 Å². The normalized spacial score (nSPS) is 10.5. The van der Waals surface area contributed by atoms with Crippen molar-refractivity contribution < 1.29 is 23.5 Å². The number of hydrogen-bond donors (Lipinski definition) is 0. The fourth-order valence-corrected chi connectivity index (χ4v) is 3.17. The van der Waals surface area contributed by atoms with Crippen LogP contribution in [0.3, 0.4) is 0 Å². The van der Waals surface area contributed by atoms with E-state index in [0.29, 0.717) is 29.4 Å². The van der Waals surface area contributed by atoms with Crippen molar-refractivity contribution in [2.45, 2.75) is 13.8 Å². The summed E-state index contributed by atoms with van der Waals surface area (Å²) in [5.74, 6) is 1.67. The average Bonchev–Trinajstić information content (AvgIpc) is 2.64. The molecule has 0 amide bonds. The minimum atomic E-state index is -0.0729. The Morgan fingerprint density at radius 1 is 1.08 bits per heavy atom. The molecule has 0 fully saturated rings. The van der Waals surface area contributed by atoms with Crippen molar-refractivity contribution in [2.24, 2.45) is 0 Å². The van der Waals surface area contributed by atoms with Gasteiger partial charge in [-0.05, 0) is 19.4 Å². The number of Topliss-reactive ketones (excluding diaryl/α,β-unsaturated/α-hetero) is 1. The number of ether oxygens (including phenoxy) is 3. The molecule has 1 unspecified atom stereocenters. The van der Waals surface area contributed by atoms with Crippen LogP contribution in [0.25, 0.3) is 0 Å². The Labute approximate surface area is 168 Å². The summed E-state index contributed by atoms with van der Waals surface area (Å²) in [6, 6.07) is 10.9. The standard InChI is InChI=1S/C19H23O5P.Li.H/c1-5-24-25-19-17(21-3)10-14(11-18(19)22-4)23-12-16(20)15-9-7-6-8-13(15)2;;/h6-11,25H,5,12H2,1-4H3;;. The van der Waals surface area contributed by atoms with E-state index in [0.717, 1.165) is 10.9 Å². The molecule has 26 heavy (non-hydrogen) atoms. The first-order chi connectivity index (χ1) is 12.1. The zero-order valence-corrected chi connectivity index (χ0v) is 15.9. The first kappa shape index (κ1) is 22.5. The summed E-state index contributed by atoms with van der Waals surface area (Å²) in [7, 11) is 3.27. The minimum absolute atomic E-state index is 0. The van der Waals surface area contributed by atoms with Gasteiger partial charge in [0.15, 0.2) is 12.4 Å². The molecule has 2 rings (SSSR count). The number of methoxy groups -OCH3 is 2. The van der Waals surface area contributed by atoms with Gasteiger partial charge in [0.2, 0.25) is 0 Å². The molecule has 1 atom stereocenters. The second kappa shape index (κ2) is 11.3. The van der Waals surface area contributed by atoms with Gasteiger partial charge < -0.3 is 18.7 Å². The Morgan fingerprint density at radius 2 is 1.69 bits per heavy atom. The van der Waals surface area contributed by atoms with Crippen LogP contribution in [-0.2, 0) is 4.52 Å². The predicted molar refractivity (Wildman–Crippen MR) is 107 cm³/mol. The summed E-state index contributed by atoms with van der Waals surface area (Å²) in [4.78, 5) is 12.3. The number of hydrogen-bond acceptors (Lipinski definition) is 5. The van der Waals surface area contributed by atoms with E-state index >= 15 is 0 Å². The van der Waals surface area contributed by atoms with E-state index in [2.05, 4.69) is 0 Å². The molecule has 0 saturated carbocycles. The van der Waals surface area contributed by atoms with Crippen LogP contribution in [0.4, 0.5) is 0 Å². The van der Waals surface area contributed by atoms with Crippen LogP contribution >= 0.6 is 8.81 Å². The Kier molecular flexibility index (Phi) is 9.76. The maximum absolute atomic E-state index is 12.3. The van der Waals surface area contributed by atoms with Gasteiger partial charge in [-0.3, -0.25) is 4.79 Å². The summed E-state index contributed by atoms with van der Waals surface area (Å²) in [6.07, 6.45) is 0. The molecule has 5 nitrogen and oxygen atoms in total. The van der Waals surface area contributed by atoms with E-state index < -0.39 is 0 Å². The van der Waals surface area contributed by atoms with Gasteiger partial charge in [0, 0.05) is 24.3 Å². The van der Waals surface area contributed by atoms with E-state index in [4.69, 9.17) is 18.7 Å². The van der Waals surface area contributed by atoms with Crippen molar-refractivity contribution >= 4 is 38.8 Å². The first-order valence-corrected chi connectivity index (χ1v) is 8.87. The Balaban J connectivity index is 0.00000338. The molecular weight excluding hydrogens is 346 g/mol. The zero-order chi connectivity index (χ0) is 18.2. The van der Waals surface area contributed by atoms with Crippen LogP contribution in [0, 0.1) is 6.92 Å². The second-order valence-electron chi connectivity index (χ2n) is 5.26. The Morgan fingerprint density at radius 3 is 2.23 bits per heavy atom. The number of aryl methyl sites for hydroxylation is 1. The van der Waals surface area contributed by atoms with E-state index in [9.17, 15) is 4.79 Å². The van der Waals surface area contributed by atoms with E-state index in [1.807, 2.05) is 32.0 Å². The average molecular weight is 370 g/mol. The maximum atomic E-state index is 12.3. The predicted octanol–water partition coefficient (Wildman–Crippen LogP) is 2.88. The molecule has 0 bridgehead atoms. The molecule has 0 radical (unpaired) electrons. The molecule has 0 heterocycles. The van der Waals surface area contributed by atoms with E-state index in [-0.39, 0.29) is 40.1 Å². The van der Waals surface area contributed by atoms with Gasteiger partial charge in [-0.1, -0.05) is 24.3 Å².